The third-order valence-corrected chi connectivity index (χ3v) is 2.91. The number of phenols is 1. The summed E-state index contributed by atoms with van der Waals surface area (Å²) in [6.45, 7) is 3.73. The number of aromatic hydroxyl groups is 1. The van der Waals surface area contributed by atoms with Crippen LogP contribution in [0.25, 0.3) is 0 Å². The van der Waals surface area contributed by atoms with Crippen molar-refractivity contribution in [2.75, 3.05) is 11.1 Å². The molecule has 2 aromatic rings. The molecule has 0 atom stereocenters. The fourth-order valence-electron chi connectivity index (χ4n) is 1.80. The van der Waals surface area contributed by atoms with Gasteiger partial charge in [-0.2, -0.15) is 0 Å². The summed E-state index contributed by atoms with van der Waals surface area (Å²) in [7, 11) is 0. The highest BCUT2D eigenvalue weighted by Crippen LogP contribution is 2.22. The predicted molar refractivity (Wildman–Crippen MR) is 76.4 cm³/mol. The maximum Gasteiger partial charge on any atom is 0.259 e. The Kier molecular flexibility index (Phi) is 3.42. The minimum atomic E-state index is -0.355. The van der Waals surface area contributed by atoms with Crippen LogP contribution in [0.3, 0.4) is 0 Å². The molecule has 0 bridgehead atoms. The second-order valence-electron chi connectivity index (χ2n) is 4.55. The first-order chi connectivity index (χ1) is 8.97. The van der Waals surface area contributed by atoms with Crippen molar-refractivity contribution >= 4 is 17.3 Å². The fraction of sp³-hybridized carbons (Fsp3) is 0.133. The van der Waals surface area contributed by atoms with E-state index in [9.17, 15) is 9.90 Å². The smallest absolute Gasteiger partial charge is 0.259 e. The third-order valence-electron chi connectivity index (χ3n) is 2.91. The molecule has 0 aliphatic rings. The molecule has 0 aliphatic carbocycles. The van der Waals surface area contributed by atoms with Gasteiger partial charge in [0, 0.05) is 11.4 Å². The van der Waals surface area contributed by atoms with E-state index in [0.717, 1.165) is 11.1 Å². The molecule has 4 nitrogen and oxygen atoms in total. The van der Waals surface area contributed by atoms with E-state index in [2.05, 4.69) is 5.32 Å². The van der Waals surface area contributed by atoms with Gasteiger partial charge in [0.05, 0.1) is 5.56 Å². The van der Waals surface area contributed by atoms with Crippen LogP contribution in [0.5, 0.6) is 5.75 Å². The normalized spacial score (nSPS) is 10.2. The summed E-state index contributed by atoms with van der Waals surface area (Å²) in [4.78, 5) is 12.1. The Labute approximate surface area is 111 Å². The van der Waals surface area contributed by atoms with Crippen LogP contribution in [0.4, 0.5) is 11.4 Å². The number of hydrogen-bond donors (Lipinski definition) is 3. The highest BCUT2D eigenvalue weighted by molar-refractivity contribution is 6.06. The zero-order valence-electron chi connectivity index (χ0n) is 10.9. The highest BCUT2D eigenvalue weighted by atomic mass is 16.3. The quantitative estimate of drug-likeness (QED) is 0.723. The molecule has 0 radical (unpaired) electrons. The van der Waals surface area contributed by atoms with Crippen LogP contribution in [0.2, 0.25) is 0 Å². The summed E-state index contributed by atoms with van der Waals surface area (Å²) < 4.78 is 0. The van der Waals surface area contributed by atoms with Crippen molar-refractivity contribution in [3.05, 3.63) is 53.1 Å². The van der Waals surface area contributed by atoms with Crippen molar-refractivity contribution < 1.29 is 9.90 Å². The number of benzene rings is 2. The Balaban J connectivity index is 2.28. The van der Waals surface area contributed by atoms with Crippen LogP contribution in [0.15, 0.2) is 36.4 Å². The number of nitrogens with two attached hydrogens (primary N) is 1. The molecule has 0 aliphatic heterocycles. The minimum absolute atomic E-state index is 0.0287. The molecular weight excluding hydrogens is 240 g/mol. The summed E-state index contributed by atoms with van der Waals surface area (Å²) in [5, 5.41) is 12.5. The fourth-order valence-corrected chi connectivity index (χ4v) is 1.80. The Morgan fingerprint density at radius 3 is 2.58 bits per heavy atom. The Bertz CT molecular complexity index is 636. The third kappa shape index (κ3) is 2.85. The van der Waals surface area contributed by atoms with Gasteiger partial charge < -0.3 is 16.2 Å². The number of carbonyl (C=O) groups is 1. The molecule has 0 heterocycles. The van der Waals surface area contributed by atoms with Crippen molar-refractivity contribution in [1.29, 1.82) is 0 Å². The van der Waals surface area contributed by atoms with Crippen LogP contribution in [0.1, 0.15) is 21.5 Å². The molecule has 2 aromatic carbocycles. The van der Waals surface area contributed by atoms with E-state index in [-0.39, 0.29) is 17.2 Å². The maximum absolute atomic E-state index is 12.1. The van der Waals surface area contributed by atoms with Gasteiger partial charge >= 0.3 is 0 Å². The molecule has 0 saturated carbocycles. The number of rotatable bonds is 2. The number of phenolic OH excluding ortho intramolecular Hbond substituents is 1. The van der Waals surface area contributed by atoms with Crippen molar-refractivity contribution in [2.45, 2.75) is 13.8 Å². The van der Waals surface area contributed by atoms with Crippen LogP contribution in [0, 0.1) is 13.8 Å². The number of carbonyl (C=O) groups excluding carboxylic acids is 1. The van der Waals surface area contributed by atoms with Gasteiger partial charge in [-0.25, -0.2) is 0 Å². The van der Waals surface area contributed by atoms with Gasteiger partial charge in [0.2, 0.25) is 0 Å². The van der Waals surface area contributed by atoms with E-state index in [0.29, 0.717) is 11.4 Å². The van der Waals surface area contributed by atoms with Gasteiger partial charge in [0.15, 0.2) is 0 Å². The first kappa shape index (κ1) is 13.0. The van der Waals surface area contributed by atoms with Crippen LogP contribution in [-0.2, 0) is 0 Å². The maximum atomic E-state index is 12.1. The zero-order chi connectivity index (χ0) is 14.0. The monoisotopic (exact) mass is 256 g/mol. The van der Waals surface area contributed by atoms with Crippen molar-refractivity contribution in [1.82, 2.24) is 0 Å². The highest BCUT2D eigenvalue weighted by Gasteiger charge is 2.12. The molecule has 2 rings (SSSR count). The van der Waals surface area contributed by atoms with E-state index in [4.69, 9.17) is 5.73 Å². The second kappa shape index (κ2) is 5.02. The summed E-state index contributed by atoms with van der Waals surface area (Å²) in [5.41, 5.74) is 8.96. The Morgan fingerprint density at radius 1 is 1.16 bits per heavy atom. The van der Waals surface area contributed by atoms with Crippen molar-refractivity contribution in [3.8, 4) is 5.75 Å². The SMILES string of the molecule is Cc1ccc(C(=O)Nc2cc(N)ccc2C)c(O)c1. The van der Waals surface area contributed by atoms with E-state index >= 15 is 0 Å². The van der Waals surface area contributed by atoms with Crippen LogP contribution < -0.4 is 11.1 Å². The Morgan fingerprint density at radius 2 is 1.89 bits per heavy atom. The summed E-state index contributed by atoms with van der Waals surface area (Å²) in [6, 6.07) is 10.2. The molecule has 98 valence electrons. The molecular formula is C15H16N2O2. The first-order valence-electron chi connectivity index (χ1n) is 5.94. The van der Waals surface area contributed by atoms with E-state index in [1.807, 2.05) is 19.9 Å². The van der Waals surface area contributed by atoms with Crippen LogP contribution in [-0.4, -0.2) is 11.0 Å². The molecule has 1 amide bonds. The largest absolute Gasteiger partial charge is 0.507 e. The lowest BCUT2D eigenvalue weighted by Gasteiger charge is -2.10. The molecule has 0 fully saturated rings. The zero-order valence-corrected chi connectivity index (χ0v) is 10.9. The molecule has 0 unspecified atom stereocenters. The summed E-state index contributed by atoms with van der Waals surface area (Å²) >= 11 is 0. The van der Waals surface area contributed by atoms with E-state index in [1.54, 1.807) is 30.3 Å². The average Bonchev–Trinajstić information content (AvgIpc) is 2.33. The summed E-state index contributed by atoms with van der Waals surface area (Å²) in [6.07, 6.45) is 0. The van der Waals surface area contributed by atoms with E-state index < -0.39 is 0 Å². The standard InChI is InChI=1S/C15H16N2O2/c1-9-3-6-12(14(18)7-9)15(19)17-13-8-11(16)5-4-10(13)2/h3-8,18H,16H2,1-2H3,(H,17,19). The lowest BCUT2D eigenvalue weighted by Crippen LogP contribution is -2.13. The number of nitrogen functional groups attached to an aromatic ring is 1. The number of aryl methyl sites for hydroxylation is 2. The van der Waals surface area contributed by atoms with Crippen molar-refractivity contribution in [2.24, 2.45) is 0 Å². The number of nitrogens with one attached hydrogen (secondary N) is 1. The lowest BCUT2D eigenvalue weighted by atomic mass is 10.1. The van der Waals surface area contributed by atoms with Crippen molar-refractivity contribution in [3.63, 3.8) is 0 Å². The van der Waals surface area contributed by atoms with E-state index in [1.165, 1.54) is 0 Å². The summed E-state index contributed by atoms with van der Waals surface area (Å²) in [5.74, 6) is -0.384. The molecule has 4 heteroatoms. The number of amides is 1. The number of hydrogen-bond acceptors (Lipinski definition) is 3. The Hall–Kier alpha value is -2.49. The predicted octanol–water partition coefficient (Wildman–Crippen LogP) is 2.84. The molecule has 0 aromatic heterocycles. The van der Waals surface area contributed by atoms with Gasteiger partial charge in [-0.1, -0.05) is 12.1 Å². The molecule has 0 saturated heterocycles. The minimum Gasteiger partial charge on any atom is -0.507 e. The molecule has 4 N–H and O–H groups in total. The van der Waals surface area contributed by atoms with Gasteiger partial charge in [0.1, 0.15) is 5.75 Å². The second-order valence-corrected chi connectivity index (χ2v) is 4.55. The average molecular weight is 256 g/mol. The topological polar surface area (TPSA) is 75.4 Å². The number of anilines is 2. The van der Waals surface area contributed by atoms with Gasteiger partial charge in [-0.05, 0) is 49.2 Å². The van der Waals surface area contributed by atoms with Gasteiger partial charge in [0.25, 0.3) is 5.91 Å². The first-order valence-corrected chi connectivity index (χ1v) is 5.94. The van der Waals surface area contributed by atoms with Gasteiger partial charge in [-0.15, -0.1) is 0 Å². The molecule has 19 heavy (non-hydrogen) atoms. The molecule has 0 spiro atoms. The van der Waals surface area contributed by atoms with Gasteiger partial charge in [-0.3, -0.25) is 4.79 Å². The van der Waals surface area contributed by atoms with Crippen LogP contribution >= 0.6 is 0 Å². The lowest BCUT2D eigenvalue weighted by molar-refractivity contribution is 0.102.